The molecule has 31 heavy (non-hydrogen) atoms. The van der Waals surface area contributed by atoms with E-state index in [0.29, 0.717) is 11.8 Å². The first kappa shape index (κ1) is 21.6. The summed E-state index contributed by atoms with van der Waals surface area (Å²) in [6.45, 7) is 13.3. The van der Waals surface area contributed by atoms with Gasteiger partial charge in [-0.25, -0.2) is 0 Å². The lowest BCUT2D eigenvalue weighted by Gasteiger charge is -2.25. The number of carbonyl (C=O) groups is 1. The minimum absolute atomic E-state index is 0.0883. The van der Waals surface area contributed by atoms with Crippen molar-refractivity contribution in [3.8, 4) is 11.3 Å². The van der Waals surface area contributed by atoms with Crippen LogP contribution in [0.4, 0.5) is 0 Å². The number of carbonyl (C=O) groups excluding carboxylic acids is 1. The molecule has 3 heterocycles. The maximum absolute atomic E-state index is 13.1. The van der Waals surface area contributed by atoms with Gasteiger partial charge in [0.05, 0.1) is 11.1 Å². The maximum atomic E-state index is 13.1. The first-order valence-electron chi connectivity index (χ1n) is 11.4. The van der Waals surface area contributed by atoms with E-state index in [0.717, 1.165) is 54.1 Å². The van der Waals surface area contributed by atoms with Crippen molar-refractivity contribution in [3.05, 3.63) is 53.3 Å². The summed E-state index contributed by atoms with van der Waals surface area (Å²) in [6.07, 6.45) is 2.99. The van der Waals surface area contributed by atoms with Crippen molar-refractivity contribution in [2.24, 2.45) is 5.92 Å². The molecule has 5 heteroatoms. The van der Waals surface area contributed by atoms with Crippen LogP contribution in [0.15, 0.2) is 36.5 Å². The first-order valence-corrected chi connectivity index (χ1v) is 11.4. The summed E-state index contributed by atoms with van der Waals surface area (Å²) in [5.41, 5.74) is 6.13. The fourth-order valence-corrected chi connectivity index (χ4v) is 4.61. The van der Waals surface area contributed by atoms with Crippen LogP contribution in [0.2, 0.25) is 0 Å². The lowest BCUT2D eigenvalue weighted by Crippen LogP contribution is -2.42. The number of hydrogen-bond acceptors (Lipinski definition) is 3. The molecule has 164 valence electrons. The molecular formula is C26H34N4O. The second-order valence-corrected chi connectivity index (χ2v) is 9.71. The zero-order valence-corrected chi connectivity index (χ0v) is 19.3. The third kappa shape index (κ3) is 4.24. The molecule has 0 aliphatic carbocycles. The fraction of sp³-hybridized carbons (Fsp3) is 0.462. The van der Waals surface area contributed by atoms with Crippen LogP contribution in [0.25, 0.3) is 22.2 Å². The number of hydrogen-bond donors (Lipinski definition) is 3. The summed E-state index contributed by atoms with van der Waals surface area (Å²) in [4.78, 5) is 21.1. The van der Waals surface area contributed by atoms with E-state index >= 15 is 0 Å². The number of aromatic nitrogens is 2. The van der Waals surface area contributed by atoms with Crippen LogP contribution in [0.1, 0.15) is 56.9 Å². The molecule has 1 saturated heterocycles. The predicted octanol–water partition coefficient (Wildman–Crippen LogP) is 4.67. The summed E-state index contributed by atoms with van der Waals surface area (Å²) in [6, 6.07) is 10.6. The highest BCUT2D eigenvalue weighted by Crippen LogP contribution is 2.37. The lowest BCUT2D eigenvalue weighted by atomic mass is 9.82. The molecule has 1 aliphatic rings. The second-order valence-electron chi connectivity index (χ2n) is 9.71. The number of nitrogens with zero attached hydrogens (tertiary/aromatic N) is 1. The quantitative estimate of drug-likeness (QED) is 0.545. The standard InChI is InChI=1S/C26H34N4O/c1-16(2)23-21-13-20(26(4,5)25(31)29-15-18-8-10-27-14-18)6-7-22(21)30-24(23)19-9-11-28-17(3)12-19/h6-7,9,11-13,16,18,27,30H,8,10,14-15H2,1-5H3,(H,29,31)/t18-/m0/s1. The highest BCUT2D eigenvalue weighted by Gasteiger charge is 2.31. The Kier molecular flexibility index (Phi) is 5.89. The Morgan fingerprint density at radius 2 is 2.06 bits per heavy atom. The van der Waals surface area contributed by atoms with Crippen LogP contribution in [-0.2, 0) is 10.2 Å². The van der Waals surface area contributed by atoms with Gasteiger partial charge in [0.2, 0.25) is 5.91 Å². The summed E-state index contributed by atoms with van der Waals surface area (Å²) in [5, 5.41) is 7.75. The highest BCUT2D eigenvalue weighted by molar-refractivity contribution is 5.94. The highest BCUT2D eigenvalue weighted by atomic mass is 16.2. The first-order chi connectivity index (χ1) is 14.8. The minimum atomic E-state index is -0.598. The van der Waals surface area contributed by atoms with Gasteiger partial charge >= 0.3 is 0 Å². The molecule has 1 fully saturated rings. The number of H-pyrrole nitrogens is 1. The molecule has 0 saturated carbocycles. The number of amides is 1. The van der Waals surface area contributed by atoms with Gasteiger partial charge in [-0.1, -0.05) is 19.9 Å². The van der Waals surface area contributed by atoms with Crippen molar-refractivity contribution in [3.63, 3.8) is 0 Å². The maximum Gasteiger partial charge on any atom is 0.230 e. The van der Waals surface area contributed by atoms with Gasteiger partial charge in [0.15, 0.2) is 0 Å². The molecule has 3 N–H and O–H groups in total. The third-order valence-electron chi connectivity index (χ3n) is 6.60. The van der Waals surface area contributed by atoms with Crippen molar-refractivity contribution in [2.45, 2.75) is 52.4 Å². The van der Waals surface area contributed by atoms with Gasteiger partial charge in [-0.15, -0.1) is 0 Å². The molecule has 2 aromatic heterocycles. The van der Waals surface area contributed by atoms with Crippen LogP contribution < -0.4 is 10.6 Å². The molecular weight excluding hydrogens is 384 g/mol. The van der Waals surface area contributed by atoms with Crippen molar-refractivity contribution < 1.29 is 4.79 Å². The van der Waals surface area contributed by atoms with E-state index in [2.05, 4.69) is 64.8 Å². The van der Waals surface area contributed by atoms with Crippen molar-refractivity contribution in [2.75, 3.05) is 19.6 Å². The van der Waals surface area contributed by atoms with Crippen LogP contribution in [0.3, 0.4) is 0 Å². The Bertz CT molecular complexity index is 1090. The monoisotopic (exact) mass is 418 g/mol. The Morgan fingerprint density at radius 1 is 1.26 bits per heavy atom. The topological polar surface area (TPSA) is 69.8 Å². The van der Waals surface area contributed by atoms with E-state index in [1.807, 2.05) is 27.0 Å². The van der Waals surface area contributed by atoms with Crippen LogP contribution in [0, 0.1) is 12.8 Å². The third-order valence-corrected chi connectivity index (χ3v) is 6.60. The minimum Gasteiger partial charge on any atom is -0.355 e. The average Bonchev–Trinajstić information content (AvgIpc) is 3.38. The summed E-state index contributed by atoms with van der Waals surface area (Å²) in [5.74, 6) is 0.968. The molecule has 0 unspecified atom stereocenters. The molecule has 1 aliphatic heterocycles. The van der Waals surface area contributed by atoms with Crippen molar-refractivity contribution >= 4 is 16.8 Å². The summed E-state index contributed by atoms with van der Waals surface area (Å²) in [7, 11) is 0. The zero-order chi connectivity index (χ0) is 22.2. The van der Waals surface area contributed by atoms with Gasteiger partial charge in [-0.2, -0.15) is 0 Å². The Labute approximate surface area is 185 Å². The molecule has 3 aromatic rings. The van der Waals surface area contributed by atoms with E-state index in [1.165, 1.54) is 10.9 Å². The van der Waals surface area contributed by atoms with Gasteiger partial charge in [-0.05, 0) is 87.5 Å². The number of fused-ring (bicyclic) bond motifs is 1. The molecule has 1 amide bonds. The number of benzene rings is 1. The number of rotatable bonds is 6. The van der Waals surface area contributed by atoms with Crippen LogP contribution in [0.5, 0.6) is 0 Å². The van der Waals surface area contributed by atoms with E-state index < -0.39 is 5.41 Å². The van der Waals surface area contributed by atoms with E-state index in [-0.39, 0.29) is 5.91 Å². The molecule has 5 nitrogen and oxygen atoms in total. The smallest absolute Gasteiger partial charge is 0.230 e. The Hall–Kier alpha value is -2.66. The largest absolute Gasteiger partial charge is 0.355 e. The molecule has 0 bridgehead atoms. The summed E-state index contributed by atoms with van der Waals surface area (Å²) < 4.78 is 0. The number of pyridine rings is 1. The second kappa shape index (κ2) is 8.46. The normalized spacial score (nSPS) is 16.9. The molecule has 4 rings (SSSR count). The van der Waals surface area contributed by atoms with Gasteiger partial charge in [0, 0.05) is 34.9 Å². The molecule has 0 spiro atoms. The lowest BCUT2D eigenvalue weighted by molar-refractivity contribution is -0.125. The fourth-order valence-electron chi connectivity index (χ4n) is 4.61. The van der Waals surface area contributed by atoms with Crippen molar-refractivity contribution in [1.82, 2.24) is 20.6 Å². The number of aromatic amines is 1. The van der Waals surface area contributed by atoms with Gasteiger partial charge in [0.25, 0.3) is 0 Å². The van der Waals surface area contributed by atoms with E-state index in [4.69, 9.17) is 0 Å². The van der Waals surface area contributed by atoms with E-state index in [1.54, 1.807) is 0 Å². The molecule has 0 radical (unpaired) electrons. The van der Waals surface area contributed by atoms with Crippen LogP contribution in [-0.4, -0.2) is 35.5 Å². The average molecular weight is 419 g/mol. The summed E-state index contributed by atoms with van der Waals surface area (Å²) >= 11 is 0. The van der Waals surface area contributed by atoms with Crippen molar-refractivity contribution in [1.29, 1.82) is 0 Å². The van der Waals surface area contributed by atoms with Gasteiger partial charge in [0.1, 0.15) is 0 Å². The zero-order valence-electron chi connectivity index (χ0n) is 19.3. The predicted molar refractivity (Wildman–Crippen MR) is 127 cm³/mol. The number of nitrogens with one attached hydrogen (secondary N) is 3. The van der Waals surface area contributed by atoms with E-state index in [9.17, 15) is 4.79 Å². The molecule has 1 aromatic carbocycles. The molecule has 1 atom stereocenters. The number of aryl methyl sites for hydroxylation is 1. The Morgan fingerprint density at radius 3 is 2.74 bits per heavy atom. The Balaban J connectivity index is 1.69. The SMILES string of the molecule is Cc1cc(-c2[nH]c3ccc(C(C)(C)C(=O)NC[C@H]4CCNC4)cc3c2C(C)C)ccn1. The van der Waals surface area contributed by atoms with Gasteiger partial charge in [-0.3, -0.25) is 9.78 Å². The van der Waals surface area contributed by atoms with Crippen LogP contribution >= 0.6 is 0 Å². The van der Waals surface area contributed by atoms with Gasteiger partial charge < -0.3 is 15.6 Å².